The number of aliphatic hydroxyl groups is 3. The summed E-state index contributed by atoms with van der Waals surface area (Å²) in [5, 5.41) is 28.7. The van der Waals surface area contributed by atoms with Gasteiger partial charge in [-0.25, -0.2) is 4.98 Å². The van der Waals surface area contributed by atoms with Gasteiger partial charge in [0.2, 0.25) is 5.95 Å². The number of anilines is 1. The van der Waals surface area contributed by atoms with Crippen LogP contribution in [0.3, 0.4) is 0 Å². The summed E-state index contributed by atoms with van der Waals surface area (Å²) in [5.41, 5.74) is 5.12. The molecule has 0 spiro atoms. The first-order valence-corrected chi connectivity index (χ1v) is 5.87. The molecule has 1 aliphatic heterocycles. The third-order valence-electron chi connectivity index (χ3n) is 3.24. The first kappa shape index (κ1) is 13.0. The van der Waals surface area contributed by atoms with Gasteiger partial charge in [-0.3, -0.25) is 14.3 Å². The number of aromatic amines is 1. The lowest BCUT2D eigenvalue weighted by molar-refractivity contribution is -0.0511. The van der Waals surface area contributed by atoms with Crippen LogP contribution in [0.15, 0.2) is 11.1 Å². The van der Waals surface area contributed by atoms with Gasteiger partial charge in [-0.05, 0) is 0 Å². The van der Waals surface area contributed by atoms with E-state index in [-0.39, 0.29) is 17.1 Å². The maximum Gasteiger partial charge on any atom is 0.280 e. The Morgan fingerprint density at radius 3 is 2.85 bits per heavy atom. The lowest BCUT2D eigenvalue weighted by atomic mass is 10.1. The second kappa shape index (κ2) is 4.52. The lowest BCUT2D eigenvalue weighted by Gasteiger charge is -2.16. The molecule has 0 aromatic carbocycles. The normalized spacial score (nSPS) is 30.1. The SMILES string of the molecule is Nc1nc2c(ncn2[C@H]2O[C@@H](CO)[C@@H](O)[C@H]2O)c(=O)[nH]1. The minimum absolute atomic E-state index is 0.0388. The van der Waals surface area contributed by atoms with E-state index in [2.05, 4.69) is 15.0 Å². The second-order valence-corrected chi connectivity index (χ2v) is 4.50. The molecule has 3 heterocycles. The zero-order valence-corrected chi connectivity index (χ0v) is 10.2. The summed E-state index contributed by atoms with van der Waals surface area (Å²) < 4.78 is 6.64. The molecule has 1 saturated heterocycles. The van der Waals surface area contributed by atoms with E-state index in [1.165, 1.54) is 10.9 Å². The standard InChI is InChI=1S/C10H13N5O5/c11-10-13-7-4(8(19)14-10)12-2-15(7)9-6(18)5(17)3(1-16)20-9/h2-3,5-6,9,16-18H,1H2,(H3,11,13,14,19)/t3-,5+,6+,9-/m0/s1. The zero-order valence-electron chi connectivity index (χ0n) is 10.2. The van der Waals surface area contributed by atoms with Crippen LogP contribution >= 0.6 is 0 Å². The van der Waals surface area contributed by atoms with Crippen LogP contribution < -0.4 is 11.3 Å². The Morgan fingerprint density at radius 1 is 1.45 bits per heavy atom. The third-order valence-corrected chi connectivity index (χ3v) is 3.24. The number of imidazole rings is 1. The van der Waals surface area contributed by atoms with Gasteiger partial charge in [-0.2, -0.15) is 4.98 Å². The Labute approximate surface area is 111 Å². The van der Waals surface area contributed by atoms with Gasteiger partial charge in [0.25, 0.3) is 5.56 Å². The minimum Gasteiger partial charge on any atom is -0.394 e. The summed E-state index contributed by atoms with van der Waals surface area (Å²) in [6, 6.07) is 0. The highest BCUT2D eigenvalue weighted by Gasteiger charge is 2.44. The first-order chi connectivity index (χ1) is 9.52. The van der Waals surface area contributed by atoms with E-state index < -0.39 is 36.7 Å². The molecule has 3 rings (SSSR count). The highest BCUT2D eigenvalue weighted by atomic mass is 16.6. The van der Waals surface area contributed by atoms with Gasteiger partial charge in [-0.15, -0.1) is 0 Å². The topological polar surface area (TPSA) is 160 Å². The van der Waals surface area contributed by atoms with Crippen LogP contribution in [0.5, 0.6) is 0 Å². The number of fused-ring (bicyclic) bond motifs is 1. The predicted molar refractivity (Wildman–Crippen MR) is 65.6 cm³/mol. The second-order valence-electron chi connectivity index (χ2n) is 4.50. The lowest BCUT2D eigenvalue weighted by Crippen LogP contribution is -2.33. The van der Waals surface area contributed by atoms with E-state index in [4.69, 9.17) is 15.6 Å². The van der Waals surface area contributed by atoms with Crippen LogP contribution in [0, 0.1) is 0 Å². The zero-order chi connectivity index (χ0) is 14.4. The van der Waals surface area contributed by atoms with Crippen LogP contribution in [0.4, 0.5) is 5.95 Å². The monoisotopic (exact) mass is 283 g/mol. The maximum atomic E-state index is 11.7. The molecule has 0 aliphatic carbocycles. The quantitative estimate of drug-likeness (QED) is 0.398. The van der Waals surface area contributed by atoms with Crippen molar-refractivity contribution in [3.05, 3.63) is 16.7 Å². The van der Waals surface area contributed by atoms with Crippen LogP contribution in [0.2, 0.25) is 0 Å². The Bertz CT molecular complexity index is 697. The van der Waals surface area contributed by atoms with Gasteiger partial charge in [0.05, 0.1) is 12.9 Å². The molecular formula is C10H13N5O5. The molecule has 10 heteroatoms. The highest BCUT2D eigenvalue weighted by Crippen LogP contribution is 2.30. The van der Waals surface area contributed by atoms with E-state index in [1.54, 1.807) is 0 Å². The van der Waals surface area contributed by atoms with Crippen molar-refractivity contribution in [1.29, 1.82) is 0 Å². The number of hydrogen-bond acceptors (Lipinski definition) is 8. The number of aliphatic hydroxyl groups excluding tert-OH is 3. The Balaban J connectivity index is 2.09. The highest BCUT2D eigenvalue weighted by molar-refractivity contribution is 5.70. The van der Waals surface area contributed by atoms with E-state index in [1.807, 2.05) is 0 Å². The number of H-pyrrole nitrogens is 1. The van der Waals surface area contributed by atoms with E-state index in [9.17, 15) is 15.0 Å². The first-order valence-electron chi connectivity index (χ1n) is 5.87. The molecule has 0 saturated carbocycles. The summed E-state index contributed by atoms with van der Waals surface area (Å²) in [6.45, 7) is -0.447. The van der Waals surface area contributed by atoms with Crippen molar-refractivity contribution in [2.24, 2.45) is 0 Å². The Morgan fingerprint density at radius 2 is 2.20 bits per heavy atom. The number of hydrogen-bond donors (Lipinski definition) is 5. The number of nitrogens with one attached hydrogen (secondary N) is 1. The molecule has 2 aromatic heterocycles. The number of rotatable bonds is 2. The number of nitrogen functional groups attached to an aromatic ring is 1. The van der Waals surface area contributed by atoms with Crippen LogP contribution in [0.1, 0.15) is 6.23 Å². The third kappa shape index (κ3) is 1.78. The van der Waals surface area contributed by atoms with Crippen molar-refractivity contribution in [2.45, 2.75) is 24.5 Å². The number of nitrogens with two attached hydrogens (primary N) is 1. The molecular weight excluding hydrogens is 270 g/mol. The summed E-state index contributed by atoms with van der Waals surface area (Å²) in [7, 11) is 0. The molecule has 1 aliphatic rings. The van der Waals surface area contributed by atoms with Gasteiger partial charge in [-0.1, -0.05) is 0 Å². The fourth-order valence-corrected chi connectivity index (χ4v) is 2.24. The molecule has 0 amide bonds. The maximum absolute atomic E-state index is 11.7. The van der Waals surface area contributed by atoms with Gasteiger partial charge in [0.1, 0.15) is 18.3 Å². The molecule has 4 atom stereocenters. The van der Waals surface area contributed by atoms with Crippen molar-refractivity contribution in [2.75, 3.05) is 12.3 Å². The van der Waals surface area contributed by atoms with Crippen molar-refractivity contribution in [1.82, 2.24) is 19.5 Å². The molecule has 1 fully saturated rings. The smallest absolute Gasteiger partial charge is 0.280 e. The average Bonchev–Trinajstić information content (AvgIpc) is 2.93. The molecule has 108 valence electrons. The van der Waals surface area contributed by atoms with Crippen LogP contribution in [-0.2, 0) is 4.74 Å². The van der Waals surface area contributed by atoms with E-state index in [0.717, 1.165) is 0 Å². The molecule has 10 nitrogen and oxygen atoms in total. The predicted octanol–water partition coefficient (Wildman–Crippen LogP) is -2.69. The largest absolute Gasteiger partial charge is 0.394 e. The fraction of sp³-hybridized carbons (Fsp3) is 0.500. The fourth-order valence-electron chi connectivity index (χ4n) is 2.24. The molecule has 2 aromatic rings. The van der Waals surface area contributed by atoms with Crippen LogP contribution in [0.25, 0.3) is 11.2 Å². The molecule has 20 heavy (non-hydrogen) atoms. The summed E-state index contributed by atoms with van der Waals surface area (Å²) in [4.78, 5) is 21.8. The average molecular weight is 283 g/mol. The van der Waals surface area contributed by atoms with Crippen molar-refractivity contribution >= 4 is 17.1 Å². The summed E-state index contributed by atoms with van der Waals surface area (Å²) in [6.07, 6.45) is -3.21. The van der Waals surface area contributed by atoms with Gasteiger partial charge < -0.3 is 25.8 Å². The van der Waals surface area contributed by atoms with E-state index >= 15 is 0 Å². The van der Waals surface area contributed by atoms with E-state index in [0.29, 0.717) is 0 Å². The molecule has 0 bridgehead atoms. The van der Waals surface area contributed by atoms with Crippen LogP contribution in [-0.4, -0.2) is 59.8 Å². The Hall–Kier alpha value is -2.01. The number of aromatic nitrogens is 4. The molecule has 6 N–H and O–H groups in total. The Kier molecular flexibility index (Phi) is 2.94. The van der Waals surface area contributed by atoms with Crippen molar-refractivity contribution < 1.29 is 20.1 Å². The summed E-state index contributed by atoms with van der Waals surface area (Å²) >= 11 is 0. The minimum atomic E-state index is -1.29. The number of ether oxygens (including phenoxy) is 1. The van der Waals surface area contributed by atoms with Gasteiger partial charge in [0.15, 0.2) is 17.4 Å². The molecule has 0 radical (unpaired) electrons. The van der Waals surface area contributed by atoms with Gasteiger partial charge in [0, 0.05) is 0 Å². The summed E-state index contributed by atoms with van der Waals surface area (Å²) in [5.74, 6) is -0.101. The van der Waals surface area contributed by atoms with Crippen molar-refractivity contribution in [3.8, 4) is 0 Å². The van der Waals surface area contributed by atoms with Crippen molar-refractivity contribution in [3.63, 3.8) is 0 Å². The van der Waals surface area contributed by atoms with Gasteiger partial charge >= 0.3 is 0 Å². The molecule has 0 unspecified atom stereocenters. The number of nitrogens with zero attached hydrogens (tertiary/aromatic N) is 3.